The molecule has 1 aromatic carbocycles. The molecule has 0 aliphatic rings. The molecule has 2 aromatic rings. The summed E-state index contributed by atoms with van der Waals surface area (Å²) in [5.74, 6) is -0.282. The molecule has 0 radical (unpaired) electrons. The van der Waals surface area contributed by atoms with Crippen LogP contribution in [0, 0.1) is 12.7 Å². The fourth-order valence-corrected chi connectivity index (χ4v) is 1.72. The molecule has 72 valence electrons. The molecule has 0 aliphatic heterocycles. The summed E-state index contributed by atoms with van der Waals surface area (Å²) < 4.78 is 14.8. The minimum atomic E-state index is -0.282. The third kappa shape index (κ3) is 1.05. The maximum absolute atomic E-state index is 13.0. The van der Waals surface area contributed by atoms with Crippen molar-refractivity contribution in [1.82, 2.24) is 4.57 Å². The SMILES string of the molecule is Cc1c(C=O)c2ccc(F)cc2n1C. The van der Waals surface area contributed by atoms with Gasteiger partial charge in [-0.3, -0.25) is 4.79 Å². The first-order chi connectivity index (χ1) is 6.65. The van der Waals surface area contributed by atoms with Crippen LogP contribution in [-0.4, -0.2) is 10.9 Å². The summed E-state index contributed by atoms with van der Waals surface area (Å²) in [6.07, 6.45) is 0.815. The molecule has 14 heavy (non-hydrogen) atoms. The maximum atomic E-state index is 13.0. The number of nitrogens with zero attached hydrogens (tertiary/aromatic N) is 1. The molecule has 3 heteroatoms. The van der Waals surface area contributed by atoms with Gasteiger partial charge in [-0.05, 0) is 25.1 Å². The highest BCUT2D eigenvalue weighted by molar-refractivity contribution is 5.99. The number of aryl methyl sites for hydroxylation is 1. The minimum absolute atomic E-state index is 0.282. The van der Waals surface area contributed by atoms with Crippen LogP contribution < -0.4 is 0 Å². The lowest BCUT2D eigenvalue weighted by molar-refractivity contribution is 0.112. The highest BCUT2D eigenvalue weighted by Crippen LogP contribution is 2.23. The standard InChI is InChI=1S/C11H10FNO/c1-7-10(6-14)9-4-3-8(12)5-11(9)13(7)2/h3-6H,1-2H3. The van der Waals surface area contributed by atoms with Crippen LogP contribution in [0.5, 0.6) is 0 Å². The zero-order chi connectivity index (χ0) is 10.3. The van der Waals surface area contributed by atoms with Crippen molar-refractivity contribution in [3.8, 4) is 0 Å². The van der Waals surface area contributed by atoms with Gasteiger partial charge < -0.3 is 4.57 Å². The zero-order valence-electron chi connectivity index (χ0n) is 8.04. The topological polar surface area (TPSA) is 22.0 Å². The van der Waals surface area contributed by atoms with Crippen LogP contribution in [0.3, 0.4) is 0 Å². The van der Waals surface area contributed by atoms with Gasteiger partial charge >= 0.3 is 0 Å². The number of halogens is 1. The number of rotatable bonds is 1. The Morgan fingerprint density at radius 2 is 2.14 bits per heavy atom. The number of aromatic nitrogens is 1. The minimum Gasteiger partial charge on any atom is -0.347 e. The highest BCUT2D eigenvalue weighted by Gasteiger charge is 2.10. The number of carbonyl (C=O) groups is 1. The lowest BCUT2D eigenvalue weighted by Gasteiger charge is -1.97. The first-order valence-electron chi connectivity index (χ1n) is 4.35. The number of fused-ring (bicyclic) bond motifs is 1. The fraction of sp³-hybridized carbons (Fsp3) is 0.182. The zero-order valence-corrected chi connectivity index (χ0v) is 8.04. The Morgan fingerprint density at radius 3 is 2.79 bits per heavy atom. The van der Waals surface area contributed by atoms with Gasteiger partial charge in [0.25, 0.3) is 0 Å². The Balaban J connectivity index is 2.95. The van der Waals surface area contributed by atoms with E-state index in [2.05, 4.69) is 0 Å². The molecule has 0 spiro atoms. The van der Waals surface area contributed by atoms with E-state index >= 15 is 0 Å². The van der Waals surface area contributed by atoms with Crippen molar-refractivity contribution in [1.29, 1.82) is 0 Å². The lowest BCUT2D eigenvalue weighted by atomic mass is 10.1. The highest BCUT2D eigenvalue weighted by atomic mass is 19.1. The van der Waals surface area contributed by atoms with Crippen LogP contribution in [0.15, 0.2) is 18.2 Å². The van der Waals surface area contributed by atoms with Crippen LogP contribution in [0.2, 0.25) is 0 Å². The number of carbonyl (C=O) groups excluding carboxylic acids is 1. The van der Waals surface area contributed by atoms with E-state index in [9.17, 15) is 9.18 Å². The van der Waals surface area contributed by atoms with Crippen molar-refractivity contribution in [3.63, 3.8) is 0 Å². The molecule has 0 saturated carbocycles. The summed E-state index contributed by atoms with van der Waals surface area (Å²) in [4.78, 5) is 10.8. The third-order valence-corrected chi connectivity index (χ3v) is 2.62. The molecular formula is C11H10FNO. The van der Waals surface area contributed by atoms with Crippen molar-refractivity contribution < 1.29 is 9.18 Å². The van der Waals surface area contributed by atoms with Gasteiger partial charge in [0.05, 0.1) is 5.52 Å². The summed E-state index contributed by atoms with van der Waals surface area (Å²) in [5, 5.41) is 0.807. The molecule has 2 rings (SSSR count). The van der Waals surface area contributed by atoms with Crippen molar-refractivity contribution >= 4 is 17.2 Å². The van der Waals surface area contributed by atoms with E-state index in [0.717, 1.165) is 22.9 Å². The van der Waals surface area contributed by atoms with E-state index in [0.29, 0.717) is 5.56 Å². The van der Waals surface area contributed by atoms with E-state index in [-0.39, 0.29) is 5.82 Å². The predicted octanol–water partition coefficient (Wildman–Crippen LogP) is 2.44. The van der Waals surface area contributed by atoms with E-state index in [1.165, 1.54) is 12.1 Å². The van der Waals surface area contributed by atoms with Gasteiger partial charge in [-0.2, -0.15) is 0 Å². The average molecular weight is 191 g/mol. The van der Waals surface area contributed by atoms with Gasteiger partial charge in [-0.1, -0.05) is 0 Å². The smallest absolute Gasteiger partial charge is 0.152 e. The Hall–Kier alpha value is -1.64. The van der Waals surface area contributed by atoms with Gasteiger partial charge in [-0.15, -0.1) is 0 Å². The quantitative estimate of drug-likeness (QED) is 0.634. The van der Waals surface area contributed by atoms with Crippen molar-refractivity contribution in [2.45, 2.75) is 6.92 Å². The molecule has 1 heterocycles. The molecule has 1 aromatic heterocycles. The number of benzene rings is 1. The van der Waals surface area contributed by atoms with Gasteiger partial charge in [0.15, 0.2) is 6.29 Å². The van der Waals surface area contributed by atoms with E-state index in [4.69, 9.17) is 0 Å². The summed E-state index contributed by atoms with van der Waals surface area (Å²) in [6.45, 7) is 1.85. The third-order valence-electron chi connectivity index (χ3n) is 2.62. The van der Waals surface area contributed by atoms with Crippen molar-refractivity contribution in [2.24, 2.45) is 7.05 Å². The second-order valence-corrected chi connectivity index (χ2v) is 3.34. The van der Waals surface area contributed by atoms with Gasteiger partial charge in [0.1, 0.15) is 5.82 Å². The van der Waals surface area contributed by atoms with Crippen molar-refractivity contribution in [3.05, 3.63) is 35.3 Å². The Bertz CT molecular complexity index is 513. The summed E-state index contributed by atoms with van der Waals surface area (Å²) in [5.41, 5.74) is 2.26. The molecule has 0 aliphatic carbocycles. The van der Waals surface area contributed by atoms with Gasteiger partial charge in [-0.25, -0.2) is 4.39 Å². The fourth-order valence-electron chi connectivity index (χ4n) is 1.72. The monoisotopic (exact) mass is 191 g/mol. The molecule has 0 bridgehead atoms. The summed E-state index contributed by atoms with van der Waals surface area (Å²) >= 11 is 0. The predicted molar refractivity (Wildman–Crippen MR) is 53.0 cm³/mol. The lowest BCUT2D eigenvalue weighted by Crippen LogP contribution is -1.91. The molecule has 0 saturated heterocycles. The number of hydrogen-bond donors (Lipinski definition) is 0. The Labute approximate surface area is 81.0 Å². The van der Waals surface area contributed by atoms with Crippen molar-refractivity contribution in [2.75, 3.05) is 0 Å². The molecule has 0 atom stereocenters. The summed E-state index contributed by atoms with van der Waals surface area (Å²) in [6, 6.07) is 4.45. The molecule has 2 nitrogen and oxygen atoms in total. The molecule has 0 amide bonds. The first kappa shape index (κ1) is 8.94. The van der Waals surface area contributed by atoms with Gasteiger partial charge in [0.2, 0.25) is 0 Å². The second kappa shape index (κ2) is 2.94. The molecule has 0 fully saturated rings. The Kier molecular flexibility index (Phi) is 1.88. The van der Waals surface area contributed by atoms with Gasteiger partial charge in [0, 0.05) is 23.7 Å². The molecule has 0 unspecified atom stereocenters. The first-order valence-corrected chi connectivity index (χ1v) is 4.35. The van der Waals surface area contributed by atoms with Crippen LogP contribution in [0.4, 0.5) is 4.39 Å². The van der Waals surface area contributed by atoms with Crippen LogP contribution in [0.25, 0.3) is 10.9 Å². The number of aldehydes is 1. The van der Waals surface area contributed by atoms with Crippen LogP contribution >= 0.6 is 0 Å². The molecular weight excluding hydrogens is 181 g/mol. The van der Waals surface area contributed by atoms with Crippen LogP contribution in [-0.2, 0) is 7.05 Å². The normalized spacial score (nSPS) is 10.8. The maximum Gasteiger partial charge on any atom is 0.152 e. The van der Waals surface area contributed by atoms with E-state index < -0.39 is 0 Å². The summed E-state index contributed by atoms with van der Waals surface area (Å²) in [7, 11) is 1.82. The second-order valence-electron chi connectivity index (χ2n) is 3.34. The average Bonchev–Trinajstić information content (AvgIpc) is 2.41. The largest absolute Gasteiger partial charge is 0.347 e. The molecule has 0 N–H and O–H groups in total. The van der Waals surface area contributed by atoms with Crippen LogP contribution in [0.1, 0.15) is 16.1 Å². The number of hydrogen-bond acceptors (Lipinski definition) is 1. The van der Waals surface area contributed by atoms with E-state index in [1.54, 1.807) is 6.07 Å². The van der Waals surface area contributed by atoms with E-state index in [1.807, 2.05) is 18.5 Å². The Morgan fingerprint density at radius 1 is 1.43 bits per heavy atom.